The Bertz CT molecular complexity index is 5200. The second-order valence-electron chi connectivity index (χ2n) is 21.7. The van der Waals surface area contributed by atoms with Gasteiger partial charge in [0.15, 0.2) is 23.3 Å². The Morgan fingerprint density at radius 1 is 0.357 bits per heavy atom. The van der Waals surface area contributed by atoms with Gasteiger partial charge in [0, 0.05) is 53.8 Å². The summed E-state index contributed by atoms with van der Waals surface area (Å²) in [6, 6.07) is 106. The minimum atomic E-state index is -3.15. The van der Waals surface area contributed by atoms with Crippen LogP contribution >= 0.6 is 24.2 Å². The normalized spacial score (nSPS) is 10.8. The van der Waals surface area contributed by atoms with Crippen molar-refractivity contribution >= 4 is 144 Å². The van der Waals surface area contributed by atoms with Gasteiger partial charge in [0.05, 0.1) is 22.1 Å². The summed E-state index contributed by atoms with van der Waals surface area (Å²) in [5.41, 5.74) is 15.4. The third-order valence-electron chi connectivity index (χ3n) is 15.8. The zero-order valence-electron chi connectivity index (χ0n) is 53.5. The number of fused-ring (bicyclic) bond motifs is 6. The van der Waals surface area contributed by atoms with Gasteiger partial charge in [-0.3, -0.25) is 9.13 Å². The molecular formula is C78H54BBrK3N8O6P. The number of hydrogen-bond donors (Lipinski definition) is 2. The molecule has 0 aliphatic rings. The van der Waals surface area contributed by atoms with E-state index >= 15 is 0 Å². The first-order chi connectivity index (χ1) is 47.7. The number of rotatable bonds is 11. The maximum absolute atomic E-state index is 8.94. The van der Waals surface area contributed by atoms with Crippen LogP contribution in [-0.4, -0.2) is 119 Å². The molecule has 0 bridgehead atoms. The van der Waals surface area contributed by atoms with Crippen molar-refractivity contribution in [2.75, 3.05) is 0 Å². The van der Waals surface area contributed by atoms with E-state index in [2.05, 4.69) is 157 Å². The fraction of sp³-hybridized carbons (Fsp3) is 0. The molecule has 14 nitrogen and oxygen atoms in total. The van der Waals surface area contributed by atoms with Gasteiger partial charge in [0.1, 0.15) is 0 Å². The van der Waals surface area contributed by atoms with E-state index in [0.717, 1.165) is 92.6 Å². The molecule has 1 atom stereocenters. The standard InChI is InChI=1S/C39H26N4.C27H17BrN4.C12H11BO2.3K.HO4P/c1-4-13-27(14-5-1)28-23-25-29(26-24-28)32-20-12-21-34-33-19-10-11-22-35(33)43(36(32)34)39-41-37(30-15-6-2-7-16-30)40-38(42-39)31-17-8-3-9-18-31;28-22-16-9-15-21-20-14-7-8-17-23(20)32(24(21)22)27-30-25(18-10-3-1-4-11-18)29-26(31-27)19-12-5-2-6-13-19;14-13(15)12-8-6-11(7-9-12)10-4-2-1-3-5-10;;;;1-4-5(2)3/h1-26H;1-17H;1-9,14-15H;;;;1H/q;;;;;+1;/p-1. The molecule has 0 radical (unpaired) electrons. The van der Waals surface area contributed by atoms with Crippen LogP contribution in [0.25, 0.3) is 134 Å². The number of nitrogens with zero attached hydrogens (tertiary/aromatic N) is 8. The smallest absolute Gasteiger partial charge is 0.238 e. The van der Waals surface area contributed by atoms with Crippen molar-refractivity contribution in [3.63, 3.8) is 0 Å². The molecule has 0 fully saturated rings. The second-order valence-corrected chi connectivity index (χ2v) is 23.1. The minimum Gasteiger partial charge on any atom is -0.277 e. The number of para-hydroxylation sites is 4. The Kier molecular flexibility index (Phi) is 26.6. The van der Waals surface area contributed by atoms with Crippen molar-refractivity contribution in [1.29, 1.82) is 0 Å². The molecule has 16 rings (SSSR count). The Balaban J connectivity index is 0.000000154. The molecule has 1 unspecified atom stereocenters. The Hall–Kier alpha value is -6.39. The third kappa shape index (κ3) is 17.3. The van der Waals surface area contributed by atoms with Gasteiger partial charge in [-0.2, -0.15) is 19.9 Å². The van der Waals surface area contributed by atoms with Crippen molar-refractivity contribution in [3.8, 4) is 90.8 Å². The number of benzene rings is 12. The summed E-state index contributed by atoms with van der Waals surface area (Å²) in [4.78, 5) is 38.7. The second kappa shape index (κ2) is 35.8. The summed E-state index contributed by atoms with van der Waals surface area (Å²) in [6.45, 7) is 0. The summed E-state index contributed by atoms with van der Waals surface area (Å²) in [5.74, 6) is 3.75. The van der Waals surface area contributed by atoms with Crippen LogP contribution in [0.2, 0.25) is 0 Å². The molecule has 4 aromatic heterocycles. The van der Waals surface area contributed by atoms with Crippen molar-refractivity contribution in [2.45, 2.75) is 0 Å². The van der Waals surface area contributed by atoms with Gasteiger partial charge in [0.25, 0.3) is 0 Å². The molecule has 0 spiro atoms. The summed E-state index contributed by atoms with van der Waals surface area (Å²) in [5, 5.41) is 31.0. The predicted molar refractivity (Wildman–Crippen MR) is 391 cm³/mol. The van der Waals surface area contributed by atoms with Crippen molar-refractivity contribution in [2.24, 2.45) is 0 Å². The third-order valence-corrected chi connectivity index (χ3v) is 16.6. The molecule has 2 N–H and O–H groups in total. The molecule has 0 saturated heterocycles. The van der Waals surface area contributed by atoms with Crippen LogP contribution in [0.1, 0.15) is 0 Å². The topological polar surface area (TPSA) is 200 Å². The molecule has 4 heterocycles. The molecule has 0 amide bonds. The van der Waals surface area contributed by atoms with E-state index in [1.54, 1.807) is 12.1 Å². The molecule has 0 aliphatic carbocycles. The first kappa shape index (κ1) is 72.9. The molecular weight excluding hydrogens is 1380 g/mol. The fourth-order valence-electron chi connectivity index (χ4n) is 11.4. The van der Waals surface area contributed by atoms with Gasteiger partial charge in [-0.25, -0.2) is 14.6 Å². The predicted octanol–water partition coefficient (Wildman–Crippen LogP) is 12.3. The molecule has 460 valence electrons. The maximum Gasteiger partial charge on any atom is 0.238 e. The van der Waals surface area contributed by atoms with Crippen molar-refractivity contribution < 1.29 is 80.8 Å². The van der Waals surface area contributed by atoms with Gasteiger partial charge >= 0.3 is 130 Å². The van der Waals surface area contributed by atoms with Crippen LogP contribution in [0.5, 0.6) is 0 Å². The molecule has 0 saturated carbocycles. The van der Waals surface area contributed by atoms with Crippen LogP contribution < -0.4 is 67.0 Å². The van der Waals surface area contributed by atoms with E-state index in [1.165, 1.54) is 74.3 Å². The Morgan fingerprint density at radius 2 is 0.643 bits per heavy atom. The molecule has 0 aliphatic heterocycles. The van der Waals surface area contributed by atoms with Crippen molar-refractivity contribution in [3.05, 3.63) is 320 Å². The summed E-state index contributed by atoms with van der Waals surface area (Å²) >= 11 is 6.26. The van der Waals surface area contributed by atoms with E-state index in [9.17, 15) is 0 Å². The van der Waals surface area contributed by atoms with Crippen molar-refractivity contribution in [1.82, 2.24) is 39.0 Å². The van der Waals surface area contributed by atoms with E-state index in [-0.39, 0.29) is 51.4 Å². The minimum absolute atomic E-state index is 0. The maximum atomic E-state index is 8.94. The van der Waals surface area contributed by atoms with Crippen LogP contribution in [0.3, 0.4) is 0 Å². The van der Waals surface area contributed by atoms with E-state index in [4.69, 9.17) is 54.7 Å². The summed E-state index contributed by atoms with van der Waals surface area (Å²) < 4.78 is 16.6. The molecule has 12 aromatic carbocycles. The molecule has 20 heteroatoms. The first-order valence-electron chi connectivity index (χ1n) is 31.2. The Labute approximate surface area is 663 Å². The number of hydrogen-bond acceptors (Lipinski definition) is 12. The number of halogens is 1. The van der Waals surface area contributed by atoms with Gasteiger partial charge in [-0.05, 0) is 72.0 Å². The average molecular weight is 1440 g/mol. The molecule has 16 aromatic rings. The Morgan fingerprint density at radius 3 is 1.01 bits per heavy atom. The van der Waals surface area contributed by atoms with E-state index in [0.29, 0.717) is 40.7 Å². The SMILES string of the molecule is Brc1cccc2c3ccccc3n(-c3nc(-c4ccccc4)nc(-c4ccccc4)n3)c12.O=[P+]([O-])O[O-].OB(O)c1ccc(-c2ccccc2)cc1.[K+].[K][K].c1ccc(-c2ccc(-c3cccc4c5ccccc5n(-c5nc(-c6ccccc6)nc(-c6ccccc6)n5)c34)cc2)cc1. The van der Waals surface area contributed by atoms with E-state index in [1.807, 2.05) is 176 Å². The average Bonchev–Trinajstić information content (AvgIpc) is 1.58. The summed E-state index contributed by atoms with van der Waals surface area (Å²) in [6.07, 6.45) is 0. The van der Waals surface area contributed by atoms with Crippen LogP contribution in [0.4, 0.5) is 0 Å². The van der Waals surface area contributed by atoms with Gasteiger partial charge in [0.2, 0.25) is 11.9 Å². The molecule has 98 heavy (non-hydrogen) atoms. The van der Waals surface area contributed by atoms with Crippen LogP contribution in [0.15, 0.2) is 320 Å². The number of aromatic nitrogens is 8. The van der Waals surface area contributed by atoms with Crippen LogP contribution in [0, 0.1) is 0 Å². The quantitative estimate of drug-likeness (QED) is 0.0538. The zero-order chi connectivity index (χ0) is 67.0. The monoisotopic (exact) mass is 1440 g/mol. The first-order valence-corrected chi connectivity index (χ1v) is 49.1. The zero-order valence-corrected chi connectivity index (χ0v) is 65.4. The largest absolute Gasteiger partial charge is 0.277 e. The van der Waals surface area contributed by atoms with Gasteiger partial charge < -0.3 is 20.2 Å². The fourth-order valence-corrected chi connectivity index (χ4v) is 11.9. The summed E-state index contributed by atoms with van der Waals surface area (Å²) in [7, 11) is -4.55. The van der Waals surface area contributed by atoms with E-state index < -0.39 is 15.4 Å². The van der Waals surface area contributed by atoms with Gasteiger partial charge in [-0.1, -0.05) is 297 Å². The van der Waals surface area contributed by atoms with Crippen LogP contribution in [-0.2, 0) is 9.24 Å². The van der Waals surface area contributed by atoms with Gasteiger partial charge in [-0.15, -0.1) is 0 Å².